The average molecular weight is 276 g/mol. The molecule has 4 nitrogen and oxygen atoms in total. The third-order valence-electron chi connectivity index (χ3n) is 3.05. The van der Waals surface area contributed by atoms with Crippen LogP contribution in [-0.2, 0) is 13.0 Å². The fourth-order valence-electron chi connectivity index (χ4n) is 2.03. The monoisotopic (exact) mass is 276 g/mol. The van der Waals surface area contributed by atoms with E-state index < -0.39 is 0 Å². The van der Waals surface area contributed by atoms with Crippen molar-refractivity contribution in [1.29, 1.82) is 0 Å². The maximum atomic E-state index is 4.66. The highest BCUT2D eigenvalue weighted by Crippen LogP contribution is 2.24. The molecule has 0 bridgehead atoms. The fraction of sp³-hybridized carbons (Fsp3) is 0.429. The predicted octanol–water partition coefficient (Wildman–Crippen LogP) is 3.09. The SMILES string of the molecule is CCc1nc(NC)c(C)c(N(C)Cc2cccs2)n1. The van der Waals surface area contributed by atoms with Crippen LogP contribution in [0.15, 0.2) is 17.5 Å². The Morgan fingerprint density at radius 3 is 2.74 bits per heavy atom. The molecule has 0 spiro atoms. The lowest BCUT2D eigenvalue weighted by molar-refractivity contribution is 0.858. The third-order valence-corrected chi connectivity index (χ3v) is 3.92. The van der Waals surface area contributed by atoms with Gasteiger partial charge in [-0.05, 0) is 18.4 Å². The van der Waals surface area contributed by atoms with Crippen LogP contribution in [0.2, 0.25) is 0 Å². The minimum atomic E-state index is 0.842. The topological polar surface area (TPSA) is 41.1 Å². The van der Waals surface area contributed by atoms with Crippen molar-refractivity contribution in [3.05, 3.63) is 33.8 Å². The summed E-state index contributed by atoms with van der Waals surface area (Å²) >= 11 is 1.77. The van der Waals surface area contributed by atoms with Gasteiger partial charge in [0.25, 0.3) is 0 Å². The number of nitrogens with one attached hydrogen (secondary N) is 1. The van der Waals surface area contributed by atoms with E-state index in [1.165, 1.54) is 4.88 Å². The van der Waals surface area contributed by atoms with Gasteiger partial charge in [0.2, 0.25) is 0 Å². The van der Waals surface area contributed by atoms with Gasteiger partial charge < -0.3 is 10.2 Å². The van der Waals surface area contributed by atoms with Gasteiger partial charge in [0.15, 0.2) is 0 Å². The molecule has 0 fully saturated rings. The Kier molecular flexibility index (Phi) is 4.37. The summed E-state index contributed by atoms with van der Waals surface area (Å²) < 4.78 is 0. The zero-order valence-corrected chi connectivity index (χ0v) is 12.7. The lowest BCUT2D eigenvalue weighted by Gasteiger charge is -2.21. The van der Waals surface area contributed by atoms with Crippen molar-refractivity contribution < 1.29 is 0 Å². The maximum Gasteiger partial charge on any atom is 0.137 e. The molecule has 0 amide bonds. The first-order valence-electron chi connectivity index (χ1n) is 6.44. The summed E-state index contributed by atoms with van der Waals surface area (Å²) in [6.45, 7) is 5.01. The molecular formula is C14H20N4S. The summed E-state index contributed by atoms with van der Waals surface area (Å²) in [5, 5.41) is 5.25. The van der Waals surface area contributed by atoms with Crippen LogP contribution in [0.3, 0.4) is 0 Å². The first kappa shape index (κ1) is 13.8. The number of hydrogen-bond acceptors (Lipinski definition) is 5. The minimum absolute atomic E-state index is 0.842. The molecule has 0 saturated carbocycles. The van der Waals surface area contributed by atoms with Crippen LogP contribution in [0.1, 0.15) is 23.2 Å². The van der Waals surface area contributed by atoms with Crippen molar-refractivity contribution >= 4 is 23.0 Å². The van der Waals surface area contributed by atoms with Gasteiger partial charge in [0, 0.05) is 31.0 Å². The number of thiophene rings is 1. The van der Waals surface area contributed by atoms with Crippen LogP contribution in [0.5, 0.6) is 0 Å². The molecule has 0 aliphatic carbocycles. The molecule has 0 saturated heterocycles. The quantitative estimate of drug-likeness (QED) is 0.911. The molecule has 2 aromatic heterocycles. The van der Waals surface area contributed by atoms with Gasteiger partial charge in [-0.1, -0.05) is 13.0 Å². The smallest absolute Gasteiger partial charge is 0.137 e. The van der Waals surface area contributed by atoms with E-state index in [1.54, 1.807) is 11.3 Å². The lowest BCUT2D eigenvalue weighted by atomic mass is 10.2. The number of anilines is 2. The van der Waals surface area contributed by atoms with Crippen molar-refractivity contribution in [3.63, 3.8) is 0 Å². The molecule has 102 valence electrons. The highest BCUT2D eigenvalue weighted by atomic mass is 32.1. The van der Waals surface area contributed by atoms with Crippen LogP contribution < -0.4 is 10.2 Å². The van der Waals surface area contributed by atoms with Crippen molar-refractivity contribution in [2.24, 2.45) is 0 Å². The molecule has 5 heteroatoms. The predicted molar refractivity (Wildman–Crippen MR) is 82.1 cm³/mol. The molecule has 0 aromatic carbocycles. The van der Waals surface area contributed by atoms with E-state index in [0.29, 0.717) is 0 Å². The number of aryl methyl sites for hydroxylation is 1. The van der Waals surface area contributed by atoms with Crippen molar-refractivity contribution in [3.8, 4) is 0 Å². The van der Waals surface area contributed by atoms with Crippen LogP contribution in [-0.4, -0.2) is 24.1 Å². The Hall–Kier alpha value is -1.62. The van der Waals surface area contributed by atoms with Crippen LogP contribution in [0.4, 0.5) is 11.6 Å². The Morgan fingerprint density at radius 1 is 1.37 bits per heavy atom. The lowest BCUT2D eigenvalue weighted by Crippen LogP contribution is -2.20. The van der Waals surface area contributed by atoms with E-state index in [9.17, 15) is 0 Å². The second kappa shape index (κ2) is 6.02. The van der Waals surface area contributed by atoms with Gasteiger partial charge in [-0.3, -0.25) is 0 Å². The van der Waals surface area contributed by atoms with Gasteiger partial charge >= 0.3 is 0 Å². The van der Waals surface area contributed by atoms with E-state index in [4.69, 9.17) is 0 Å². The first-order chi connectivity index (χ1) is 9.15. The molecule has 2 heterocycles. The Morgan fingerprint density at radius 2 is 2.16 bits per heavy atom. The molecule has 0 aliphatic heterocycles. The molecule has 2 rings (SSSR count). The maximum absolute atomic E-state index is 4.66. The van der Waals surface area contributed by atoms with Gasteiger partial charge in [0.1, 0.15) is 17.5 Å². The second-order valence-electron chi connectivity index (χ2n) is 4.48. The summed E-state index contributed by atoms with van der Waals surface area (Å²) in [5.41, 5.74) is 1.10. The highest BCUT2D eigenvalue weighted by Gasteiger charge is 2.13. The van der Waals surface area contributed by atoms with E-state index in [-0.39, 0.29) is 0 Å². The van der Waals surface area contributed by atoms with Gasteiger partial charge in [-0.15, -0.1) is 11.3 Å². The van der Waals surface area contributed by atoms with Gasteiger partial charge in [-0.25, -0.2) is 9.97 Å². The summed E-state index contributed by atoms with van der Waals surface area (Å²) in [7, 11) is 3.98. The Balaban J connectivity index is 2.31. The normalized spacial score (nSPS) is 10.5. The van der Waals surface area contributed by atoms with E-state index >= 15 is 0 Å². The molecule has 0 unspecified atom stereocenters. The summed E-state index contributed by atoms with van der Waals surface area (Å²) in [6.07, 6.45) is 0.842. The molecule has 0 aliphatic rings. The van der Waals surface area contributed by atoms with Gasteiger partial charge in [0.05, 0.1) is 6.54 Å². The van der Waals surface area contributed by atoms with Crippen LogP contribution >= 0.6 is 11.3 Å². The number of hydrogen-bond donors (Lipinski definition) is 1. The van der Waals surface area contributed by atoms with Gasteiger partial charge in [-0.2, -0.15) is 0 Å². The molecule has 19 heavy (non-hydrogen) atoms. The average Bonchev–Trinajstić information content (AvgIpc) is 2.91. The summed E-state index contributed by atoms with van der Waals surface area (Å²) in [6, 6.07) is 4.23. The van der Waals surface area contributed by atoms with E-state index in [0.717, 1.165) is 36.0 Å². The molecule has 0 radical (unpaired) electrons. The molecule has 2 aromatic rings. The van der Waals surface area contributed by atoms with Crippen LogP contribution in [0, 0.1) is 6.92 Å². The Bertz CT molecular complexity index is 537. The van der Waals surface area contributed by atoms with Crippen molar-refractivity contribution in [2.75, 3.05) is 24.3 Å². The van der Waals surface area contributed by atoms with Crippen molar-refractivity contribution in [1.82, 2.24) is 9.97 Å². The number of nitrogens with zero attached hydrogens (tertiary/aromatic N) is 3. The van der Waals surface area contributed by atoms with E-state index in [1.807, 2.05) is 7.05 Å². The molecular weight excluding hydrogens is 256 g/mol. The highest BCUT2D eigenvalue weighted by molar-refractivity contribution is 7.09. The standard InChI is InChI=1S/C14H20N4S/c1-5-12-16-13(15-3)10(2)14(17-12)18(4)9-11-7-6-8-19-11/h6-8H,5,9H2,1-4H3,(H,15,16,17). The minimum Gasteiger partial charge on any atom is -0.373 e. The third kappa shape index (κ3) is 3.04. The molecule has 1 N–H and O–H groups in total. The molecule has 0 atom stereocenters. The zero-order chi connectivity index (χ0) is 13.8. The fourth-order valence-corrected chi connectivity index (χ4v) is 2.79. The summed E-state index contributed by atoms with van der Waals surface area (Å²) in [4.78, 5) is 12.7. The first-order valence-corrected chi connectivity index (χ1v) is 7.32. The van der Waals surface area contributed by atoms with Crippen LogP contribution in [0.25, 0.3) is 0 Å². The zero-order valence-electron chi connectivity index (χ0n) is 11.9. The Labute approximate surface area is 118 Å². The van der Waals surface area contributed by atoms with E-state index in [2.05, 4.69) is 58.6 Å². The summed E-state index contributed by atoms with van der Waals surface area (Å²) in [5.74, 6) is 2.80. The second-order valence-corrected chi connectivity index (χ2v) is 5.51. The number of aromatic nitrogens is 2. The number of rotatable bonds is 5. The van der Waals surface area contributed by atoms with Crippen molar-refractivity contribution in [2.45, 2.75) is 26.8 Å². The largest absolute Gasteiger partial charge is 0.373 e.